The number of nitrogens with zero attached hydrogens (tertiary/aromatic N) is 2. The Morgan fingerprint density at radius 3 is 2.63 bits per heavy atom. The summed E-state index contributed by atoms with van der Waals surface area (Å²) in [5.74, 6) is 0.413. The summed E-state index contributed by atoms with van der Waals surface area (Å²) in [6, 6.07) is 12.0. The Kier molecular flexibility index (Phi) is 3.74. The average Bonchev–Trinajstić information content (AvgIpc) is 2.48. The third kappa shape index (κ3) is 3.07. The van der Waals surface area contributed by atoms with Gasteiger partial charge in [-0.25, -0.2) is 4.98 Å². The maximum Gasteiger partial charge on any atom is 0.255 e. The molecule has 1 amide bonds. The number of aromatic nitrogens is 1. The highest BCUT2D eigenvalue weighted by Gasteiger charge is 2.07. The Balaban J connectivity index is 2.13. The number of pyridine rings is 1. The third-order valence-electron chi connectivity index (χ3n) is 2.55. The van der Waals surface area contributed by atoms with Gasteiger partial charge in [-0.15, -0.1) is 0 Å². The van der Waals surface area contributed by atoms with E-state index in [0.29, 0.717) is 22.6 Å². The van der Waals surface area contributed by atoms with Crippen LogP contribution in [0.1, 0.15) is 15.9 Å². The fourth-order valence-electron chi connectivity index (χ4n) is 1.54. The summed E-state index contributed by atoms with van der Waals surface area (Å²) in [7, 11) is 1.74. The fourth-order valence-corrected chi connectivity index (χ4v) is 1.54. The van der Waals surface area contributed by atoms with Crippen molar-refractivity contribution >= 4 is 17.4 Å². The maximum atomic E-state index is 12.0. The van der Waals surface area contributed by atoms with Crippen molar-refractivity contribution in [2.75, 3.05) is 17.7 Å². The number of amides is 1. The predicted octanol–water partition coefficient (Wildman–Crippen LogP) is 2.25. The van der Waals surface area contributed by atoms with Crippen LogP contribution < -0.4 is 10.6 Å². The number of hydrogen-bond acceptors (Lipinski definition) is 4. The zero-order valence-corrected chi connectivity index (χ0v) is 10.3. The number of nitriles is 1. The van der Waals surface area contributed by atoms with E-state index in [2.05, 4.69) is 15.6 Å². The van der Waals surface area contributed by atoms with Crippen LogP contribution in [-0.4, -0.2) is 17.9 Å². The van der Waals surface area contributed by atoms with Gasteiger partial charge in [0, 0.05) is 24.5 Å². The highest BCUT2D eigenvalue weighted by molar-refractivity contribution is 6.04. The Morgan fingerprint density at radius 2 is 2.00 bits per heavy atom. The van der Waals surface area contributed by atoms with Gasteiger partial charge in [-0.3, -0.25) is 4.79 Å². The van der Waals surface area contributed by atoms with Crippen LogP contribution in [0.5, 0.6) is 0 Å². The van der Waals surface area contributed by atoms with Gasteiger partial charge in [-0.2, -0.15) is 5.26 Å². The molecule has 2 N–H and O–H groups in total. The second-order valence-corrected chi connectivity index (χ2v) is 3.82. The lowest BCUT2D eigenvalue weighted by Crippen LogP contribution is -2.12. The predicted molar refractivity (Wildman–Crippen MR) is 72.9 cm³/mol. The van der Waals surface area contributed by atoms with Gasteiger partial charge in [-0.05, 0) is 36.4 Å². The minimum atomic E-state index is -0.219. The summed E-state index contributed by atoms with van der Waals surface area (Å²) >= 11 is 0. The molecule has 0 aliphatic heterocycles. The summed E-state index contributed by atoms with van der Waals surface area (Å²) in [4.78, 5) is 16.0. The Morgan fingerprint density at radius 1 is 1.26 bits per heavy atom. The van der Waals surface area contributed by atoms with E-state index in [-0.39, 0.29) is 5.91 Å². The van der Waals surface area contributed by atoms with Crippen molar-refractivity contribution in [2.24, 2.45) is 0 Å². The monoisotopic (exact) mass is 252 g/mol. The van der Waals surface area contributed by atoms with Gasteiger partial charge in [0.05, 0.1) is 11.6 Å². The Bertz CT molecular complexity index is 629. The zero-order chi connectivity index (χ0) is 13.7. The molecule has 0 saturated heterocycles. The lowest BCUT2D eigenvalue weighted by Gasteiger charge is -2.06. The van der Waals surface area contributed by atoms with Crippen molar-refractivity contribution in [3.8, 4) is 6.07 Å². The molecule has 0 aliphatic rings. The van der Waals surface area contributed by atoms with E-state index < -0.39 is 0 Å². The van der Waals surface area contributed by atoms with Crippen molar-refractivity contribution in [1.29, 1.82) is 5.26 Å². The van der Waals surface area contributed by atoms with Crippen molar-refractivity contribution in [2.45, 2.75) is 0 Å². The highest BCUT2D eigenvalue weighted by atomic mass is 16.1. The van der Waals surface area contributed by atoms with Gasteiger partial charge in [0.15, 0.2) is 0 Å². The fraction of sp³-hybridized carbons (Fsp3) is 0.0714. The molecule has 1 heterocycles. The number of carbonyl (C=O) groups is 1. The molecule has 0 radical (unpaired) electrons. The average molecular weight is 252 g/mol. The van der Waals surface area contributed by atoms with E-state index in [1.807, 2.05) is 6.07 Å². The summed E-state index contributed by atoms with van der Waals surface area (Å²) in [5.41, 5.74) is 1.72. The van der Waals surface area contributed by atoms with Crippen LogP contribution in [0.2, 0.25) is 0 Å². The Labute approximate surface area is 110 Å². The van der Waals surface area contributed by atoms with Gasteiger partial charge in [0.1, 0.15) is 5.82 Å². The first-order valence-electron chi connectivity index (χ1n) is 5.68. The summed E-state index contributed by atoms with van der Waals surface area (Å²) in [6.07, 6.45) is 1.57. The molecule has 19 heavy (non-hydrogen) atoms. The molecule has 0 aliphatic carbocycles. The molecule has 0 bridgehead atoms. The molecular weight excluding hydrogens is 240 g/mol. The first-order valence-corrected chi connectivity index (χ1v) is 5.68. The number of hydrogen-bond donors (Lipinski definition) is 2. The smallest absolute Gasteiger partial charge is 0.255 e. The van der Waals surface area contributed by atoms with Gasteiger partial charge in [0.2, 0.25) is 0 Å². The molecule has 2 aromatic rings. The minimum absolute atomic E-state index is 0.219. The molecule has 0 spiro atoms. The molecule has 0 fully saturated rings. The molecule has 5 nitrogen and oxygen atoms in total. The van der Waals surface area contributed by atoms with E-state index >= 15 is 0 Å². The third-order valence-corrected chi connectivity index (χ3v) is 2.55. The first-order chi connectivity index (χ1) is 9.22. The summed E-state index contributed by atoms with van der Waals surface area (Å²) in [5, 5.41) is 14.3. The number of nitrogens with one attached hydrogen (secondary N) is 2. The van der Waals surface area contributed by atoms with Gasteiger partial charge in [-0.1, -0.05) is 0 Å². The van der Waals surface area contributed by atoms with E-state index in [1.54, 1.807) is 49.6 Å². The van der Waals surface area contributed by atoms with E-state index in [9.17, 15) is 4.79 Å². The van der Waals surface area contributed by atoms with Crippen LogP contribution in [0.25, 0.3) is 0 Å². The zero-order valence-electron chi connectivity index (χ0n) is 10.3. The second-order valence-electron chi connectivity index (χ2n) is 3.82. The molecule has 0 atom stereocenters. The van der Waals surface area contributed by atoms with Crippen LogP contribution in [0.15, 0.2) is 42.6 Å². The molecule has 2 rings (SSSR count). The number of benzene rings is 1. The van der Waals surface area contributed by atoms with Crippen molar-refractivity contribution < 1.29 is 4.79 Å². The molecular formula is C14H12N4O. The SMILES string of the molecule is CNc1cc(C(=O)Nc2ccc(C#N)cc2)ccn1. The second kappa shape index (κ2) is 5.65. The topological polar surface area (TPSA) is 77.8 Å². The summed E-state index contributed by atoms with van der Waals surface area (Å²) < 4.78 is 0. The molecule has 0 saturated carbocycles. The van der Waals surface area contributed by atoms with E-state index in [1.165, 1.54) is 0 Å². The normalized spacial score (nSPS) is 9.47. The van der Waals surface area contributed by atoms with Gasteiger partial charge in [0.25, 0.3) is 5.91 Å². The van der Waals surface area contributed by atoms with Crippen LogP contribution in [0, 0.1) is 11.3 Å². The summed E-state index contributed by atoms with van der Waals surface area (Å²) in [6.45, 7) is 0. The van der Waals surface area contributed by atoms with Crippen molar-refractivity contribution in [3.05, 3.63) is 53.7 Å². The first kappa shape index (κ1) is 12.6. The Hall–Kier alpha value is -2.87. The lowest BCUT2D eigenvalue weighted by atomic mass is 10.2. The van der Waals surface area contributed by atoms with Crippen LogP contribution in [0.3, 0.4) is 0 Å². The standard InChI is InChI=1S/C14H12N4O/c1-16-13-8-11(6-7-17-13)14(19)18-12-4-2-10(9-15)3-5-12/h2-8H,1H3,(H,16,17)(H,18,19). The molecule has 0 unspecified atom stereocenters. The van der Waals surface area contributed by atoms with E-state index in [4.69, 9.17) is 5.26 Å². The largest absolute Gasteiger partial charge is 0.373 e. The minimum Gasteiger partial charge on any atom is -0.373 e. The maximum absolute atomic E-state index is 12.0. The number of anilines is 2. The van der Waals surface area contributed by atoms with Gasteiger partial charge >= 0.3 is 0 Å². The number of rotatable bonds is 3. The molecule has 1 aromatic heterocycles. The van der Waals surface area contributed by atoms with Crippen molar-refractivity contribution in [1.82, 2.24) is 4.98 Å². The highest BCUT2D eigenvalue weighted by Crippen LogP contribution is 2.12. The number of carbonyl (C=O) groups excluding carboxylic acids is 1. The molecule has 94 valence electrons. The lowest BCUT2D eigenvalue weighted by molar-refractivity contribution is 0.102. The van der Waals surface area contributed by atoms with E-state index in [0.717, 1.165) is 0 Å². The van der Waals surface area contributed by atoms with Crippen LogP contribution in [0.4, 0.5) is 11.5 Å². The quantitative estimate of drug-likeness (QED) is 0.878. The molecule has 1 aromatic carbocycles. The van der Waals surface area contributed by atoms with Crippen LogP contribution in [-0.2, 0) is 0 Å². The van der Waals surface area contributed by atoms with Crippen molar-refractivity contribution in [3.63, 3.8) is 0 Å². The molecule has 5 heteroatoms. The van der Waals surface area contributed by atoms with Gasteiger partial charge < -0.3 is 10.6 Å². The van der Waals surface area contributed by atoms with Crippen LogP contribution >= 0.6 is 0 Å².